The van der Waals surface area contributed by atoms with Crippen LogP contribution in [-0.2, 0) is 16.0 Å². The predicted octanol–water partition coefficient (Wildman–Crippen LogP) is 1.53. The van der Waals surface area contributed by atoms with Gasteiger partial charge in [0.05, 0.1) is 6.42 Å². The SMILES string of the molecule is CC(=O)CCCN1C(=O)Cc2cc(N)ccc21. The number of Topliss-reactive ketones (excluding diaryl/α,β-unsaturated/α-hetero) is 1. The van der Waals surface area contributed by atoms with Gasteiger partial charge in [-0.2, -0.15) is 0 Å². The first-order valence-electron chi connectivity index (χ1n) is 5.76. The molecule has 0 aromatic heterocycles. The molecule has 1 aromatic carbocycles. The van der Waals surface area contributed by atoms with Gasteiger partial charge in [0.15, 0.2) is 0 Å². The fraction of sp³-hybridized carbons (Fsp3) is 0.385. The molecule has 4 nitrogen and oxygen atoms in total. The summed E-state index contributed by atoms with van der Waals surface area (Å²) in [5.74, 6) is 0.253. The highest BCUT2D eigenvalue weighted by Gasteiger charge is 2.26. The molecule has 90 valence electrons. The number of carbonyl (C=O) groups excluding carboxylic acids is 2. The molecule has 0 aliphatic carbocycles. The van der Waals surface area contributed by atoms with E-state index in [-0.39, 0.29) is 11.7 Å². The number of fused-ring (bicyclic) bond motifs is 1. The Hall–Kier alpha value is -1.84. The van der Waals surface area contributed by atoms with Crippen LogP contribution >= 0.6 is 0 Å². The number of carbonyl (C=O) groups is 2. The van der Waals surface area contributed by atoms with Gasteiger partial charge in [-0.3, -0.25) is 4.79 Å². The molecule has 17 heavy (non-hydrogen) atoms. The first kappa shape index (κ1) is 11.6. The molecule has 1 aliphatic heterocycles. The molecule has 0 bridgehead atoms. The van der Waals surface area contributed by atoms with E-state index < -0.39 is 0 Å². The van der Waals surface area contributed by atoms with Gasteiger partial charge in [0.25, 0.3) is 0 Å². The van der Waals surface area contributed by atoms with Gasteiger partial charge in [-0.05, 0) is 37.1 Å². The fourth-order valence-electron chi connectivity index (χ4n) is 2.13. The molecule has 1 aromatic rings. The van der Waals surface area contributed by atoms with Crippen molar-refractivity contribution in [3.8, 4) is 0 Å². The molecule has 0 unspecified atom stereocenters. The van der Waals surface area contributed by atoms with Crippen LogP contribution in [-0.4, -0.2) is 18.2 Å². The van der Waals surface area contributed by atoms with E-state index >= 15 is 0 Å². The Bertz CT molecular complexity index is 468. The number of hydrogen-bond acceptors (Lipinski definition) is 3. The lowest BCUT2D eigenvalue weighted by molar-refractivity contribution is -0.118. The number of benzene rings is 1. The van der Waals surface area contributed by atoms with Crippen LogP contribution in [0, 0.1) is 0 Å². The third-order valence-corrected chi connectivity index (χ3v) is 2.95. The monoisotopic (exact) mass is 232 g/mol. The highest BCUT2D eigenvalue weighted by Crippen LogP contribution is 2.30. The van der Waals surface area contributed by atoms with Crippen molar-refractivity contribution < 1.29 is 9.59 Å². The highest BCUT2D eigenvalue weighted by molar-refractivity contribution is 6.01. The molecule has 1 amide bonds. The summed E-state index contributed by atoms with van der Waals surface area (Å²) in [6, 6.07) is 5.52. The number of nitrogens with two attached hydrogens (primary N) is 1. The van der Waals surface area contributed by atoms with Crippen LogP contribution in [0.3, 0.4) is 0 Å². The Kier molecular flexibility index (Phi) is 3.13. The molecular weight excluding hydrogens is 216 g/mol. The standard InChI is InChI=1S/C13H16N2O2/c1-9(16)3-2-6-15-12-5-4-11(14)7-10(12)8-13(15)17/h4-5,7H,2-3,6,8,14H2,1H3. The second-order valence-electron chi connectivity index (χ2n) is 4.42. The lowest BCUT2D eigenvalue weighted by Gasteiger charge is -2.17. The zero-order valence-electron chi connectivity index (χ0n) is 9.90. The molecule has 2 rings (SSSR count). The van der Waals surface area contributed by atoms with Crippen molar-refractivity contribution in [2.75, 3.05) is 17.2 Å². The predicted molar refractivity (Wildman–Crippen MR) is 66.8 cm³/mol. The molecule has 0 saturated carbocycles. The van der Waals surface area contributed by atoms with Crippen LogP contribution in [0.4, 0.5) is 11.4 Å². The number of nitrogen functional groups attached to an aromatic ring is 1. The maximum Gasteiger partial charge on any atom is 0.231 e. The minimum Gasteiger partial charge on any atom is -0.399 e. The Morgan fingerprint density at radius 1 is 1.47 bits per heavy atom. The largest absolute Gasteiger partial charge is 0.399 e. The van der Waals surface area contributed by atoms with Gasteiger partial charge in [-0.1, -0.05) is 0 Å². The van der Waals surface area contributed by atoms with Crippen molar-refractivity contribution in [2.45, 2.75) is 26.2 Å². The highest BCUT2D eigenvalue weighted by atomic mass is 16.2. The van der Waals surface area contributed by atoms with Gasteiger partial charge < -0.3 is 15.4 Å². The third kappa shape index (κ3) is 2.46. The molecule has 0 spiro atoms. The van der Waals surface area contributed by atoms with E-state index in [4.69, 9.17) is 5.73 Å². The quantitative estimate of drug-likeness (QED) is 0.801. The summed E-state index contributed by atoms with van der Waals surface area (Å²) in [7, 11) is 0. The summed E-state index contributed by atoms with van der Waals surface area (Å²) >= 11 is 0. The third-order valence-electron chi connectivity index (χ3n) is 2.95. The van der Waals surface area contributed by atoms with Gasteiger partial charge in [0, 0.05) is 24.3 Å². The summed E-state index contributed by atoms with van der Waals surface area (Å²) in [6.07, 6.45) is 1.65. The molecule has 1 aliphatic rings. The maximum atomic E-state index is 11.8. The summed E-state index contributed by atoms with van der Waals surface area (Å²) in [5, 5.41) is 0. The van der Waals surface area contributed by atoms with Crippen LogP contribution in [0.1, 0.15) is 25.3 Å². The topological polar surface area (TPSA) is 63.4 Å². The maximum absolute atomic E-state index is 11.8. The van der Waals surface area contributed by atoms with E-state index in [1.165, 1.54) is 0 Å². The van der Waals surface area contributed by atoms with Crippen molar-refractivity contribution in [2.24, 2.45) is 0 Å². The van der Waals surface area contributed by atoms with Gasteiger partial charge >= 0.3 is 0 Å². The van der Waals surface area contributed by atoms with Gasteiger partial charge in [0.1, 0.15) is 5.78 Å². The molecule has 1 heterocycles. The summed E-state index contributed by atoms with van der Waals surface area (Å²) in [4.78, 5) is 24.4. The van der Waals surface area contributed by atoms with E-state index in [2.05, 4.69) is 0 Å². The minimum absolute atomic E-state index is 0.0918. The van der Waals surface area contributed by atoms with Crippen LogP contribution in [0.25, 0.3) is 0 Å². The first-order chi connectivity index (χ1) is 8.08. The molecule has 0 fully saturated rings. The molecule has 2 N–H and O–H groups in total. The first-order valence-corrected chi connectivity index (χ1v) is 5.76. The molecule has 4 heteroatoms. The lowest BCUT2D eigenvalue weighted by atomic mass is 10.1. The zero-order valence-corrected chi connectivity index (χ0v) is 9.90. The van der Waals surface area contributed by atoms with E-state index in [1.807, 2.05) is 12.1 Å². The van der Waals surface area contributed by atoms with E-state index in [0.29, 0.717) is 31.5 Å². The average Bonchev–Trinajstić information content (AvgIpc) is 2.54. The van der Waals surface area contributed by atoms with E-state index in [1.54, 1.807) is 17.9 Å². The minimum atomic E-state index is 0.0918. The van der Waals surface area contributed by atoms with Crippen molar-refractivity contribution in [3.05, 3.63) is 23.8 Å². The molecule has 0 atom stereocenters. The fourth-order valence-corrected chi connectivity index (χ4v) is 2.13. The van der Waals surface area contributed by atoms with Crippen LogP contribution in [0.5, 0.6) is 0 Å². The van der Waals surface area contributed by atoms with E-state index in [9.17, 15) is 9.59 Å². The second kappa shape index (κ2) is 4.57. The summed E-state index contributed by atoms with van der Waals surface area (Å²) < 4.78 is 0. The normalized spacial score (nSPS) is 13.9. The average molecular weight is 232 g/mol. The van der Waals surface area contributed by atoms with Gasteiger partial charge in [-0.15, -0.1) is 0 Å². The van der Waals surface area contributed by atoms with Gasteiger partial charge in [0.2, 0.25) is 5.91 Å². The Morgan fingerprint density at radius 3 is 2.94 bits per heavy atom. The number of nitrogens with zero attached hydrogens (tertiary/aromatic N) is 1. The number of amides is 1. The Balaban J connectivity index is 2.09. The summed E-state index contributed by atoms with van der Waals surface area (Å²) in [5.41, 5.74) is 8.29. The van der Waals surface area contributed by atoms with Crippen molar-refractivity contribution >= 4 is 23.1 Å². The van der Waals surface area contributed by atoms with E-state index in [0.717, 1.165) is 11.3 Å². The van der Waals surface area contributed by atoms with Crippen LogP contribution in [0.2, 0.25) is 0 Å². The molecule has 0 radical (unpaired) electrons. The van der Waals surface area contributed by atoms with Crippen LogP contribution < -0.4 is 10.6 Å². The molecular formula is C13H16N2O2. The Morgan fingerprint density at radius 2 is 2.24 bits per heavy atom. The van der Waals surface area contributed by atoms with Crippen molar-refractivity contribution in [1.82, 2.24) is 0 Å². The number of ketones is 1. The number of anilines is 2. The van der Waals surface area contributed by atoms with Crippen molar-refractivity contribution in [3.63, 3.8) is 0 Å². The zero-order chi connectivity index (χ0) is 12.4. The van der Waals surface area contributed by atoms with Crippen molar-refractivity contribution in [1.29, 1.82) is 0 Å². The van der Waals surface area contributed by atoms with Gasteiger partial charge in [-0.25, -0.2) is 0 Å². The second-order valence-corrected chi connectivity index (χ2v) is 4.42. The summed E-state index contributed by atoms with van der Waals surface area (Å²) in [6.45, 7) is 2.18. The lowest BCUT2D eigenvalue weighted by Crippen LogP contribution is -2.28. The smallest absolute Gasteiger partial charge is 0.231 e. The Labute approximate surface area is 100 Å². The molecule has 0 saturated heterocycles. The number of rotatable bonds is 4. The van der Waals surface area contributed by atoms with Crippen LogP contribution in [0.15, 0.2) is 18.2 Å². The number of hydrogen-bond donors (Lipinski definition) is 1.